The molecule has 4 heteroatoms. The molecule has 2 aromatic carbocycles. The highest BCUT2D eigenvalue weighted by Crippen LogP contribution is 2.24. The molecule has 0 saturated heterocycles. The minimum absolute atomic E-state index is 0.0874. The smallest absolute Gasteiger partial charge is 0.141 e. The zero-order valence-electron chi connectivity index (χ0n) is 14.8. The lowest BCUT2D eigenvalue weighted by Gasteiger charge is -2.30. The summed E-state index contributed by atoms with van der Waals surface area (Å²) in [5.41, 5.74) is 1.23. The van der Waals surface area contributed by atoms with E-state index in [1.54, 1.807) is 13.8 Å². The van der Waals surface area contributed by atoms with Gasteiger partial charge in [0.25, 0.3) is 0 Å². The van der Waals surface area contributed by atoms with Crippen LogP contribution in [0.5, 0.6) is 0 Å². The maximum atomic E-state index is 14.7. The lowest BCUT2D eigenvalue weighted by molar-refractivity contribution is -0.0683. The molecule has 3 nitrogen and oxygen atoms in total. The first-order chi connectivity index (χ1) is 12.0. The van der Waals surface area contributed by atoms with Crippen LogP contribution in [0, 0.1) is 11.3 Å². The average Bonchev–Trinajstić information content (AvgIpc) is 2.63. The van der Waals surface area contributed by atoms with E-state index < -0.39 is 11.8 Å². The molecule has 1 unspecified atom stereocenters. The van der Waals surface area contributed by atoms with Gasteiger partial charge in [-0.2, -0.15) is 5.26 Å². The molecular weight excluding hydrogens is 315 g/mol. The van der Waals surface area contributed by atoms with Gasteiger partial charge in [-0.15, -0.1) is 0 Å². The van der Waals surface area contributed by atoms with Crippen molar-refractivity contribution < 1.29 is 9.13 Å². The highest BCUT2D eigenvalue weighted by molar-refractivity contribution is 5.31. The first kappa shape index (κ1) is 19.1. The number of nitriles is 1. The van der Waals surface area contributed by atoms with Gasteiger partial charge in [0.15, 0.2) is 0 Å². The van der Waals surface area contributed by atoms with Crippen LogP contribution in [0.15, 0.2) is 60.7 Å². The lowest BCUT2D eigenvalue weighted by atomic mass is 9.97. The second-order valence-electron chi connectivity index (χ2n) is 6.49. The largest absolute Gasteiger partial charge is 0.371 e. The number of ether oxygens (including phenoxy) is 1. The van der Waals surface area contributed by atoms with Crippen LogP contribution in [0.1, 0.15) is 37.4 Å². The molecule has 0 bridgehead atoms. The van der Waals surface area contributed by atoms with Crippen LogP contribution in [0.2, 0.25) is 0 Å². The molecule has 1 atom stereocenters. The zero-order chi connectivity index (χ0) is 18.1. The van der Waals surface area contributed by atoms with Crippen molar-refractivity contribution in [1.29, 1.82) is 5.26 Å². The van der Waals surface area contributed by atoms with Crippen molar-refractivity contribution in [2.45, 2.75) is 38.1 Å². The summed E-state index contributed by atoms with van der Waals surface area (Å²) in [4.78, 5) is 0. The summed E-state index contributed by atoms with van der Waals surface area (Å²) < 4.78 is 20.3. The van der Waals surface area contributed by atoms with Gasteiger partial charge in [0.1, 0.15) is 6.17 Å². The predicted molar refractivity (Wildman–Crippen MR) is 97.9 cm³/mol. The number of alkyl halides is 1. The molecule has 0 aliphatic heterocycles. The highest BCUT2D eigenvalue weighted by Gasteiger charge is 2.31. The normalized spacial score (nSPS) is 12.8. The Bertz CT molecular complexity index is 628. The summed E-state index contributed by atoms with van der Waals surface area (Å²) in [6, 6.07) is 21.9. The summed E-state index contributed by atoms with van der Waals surface area (Å²) in [5.74, 6) is 0. The number of hydrogen-bond acceptors (Lipinski definition) is 3. The number of nitrogens with one attached hydrogen (secondary N) is 1. The van der Waals surface area contributed by atoms with E-state index in [0.717, 1.165) is 11.1 Å². The van der Waals surface area contributed by atoms with Crippen LogP contribution in [0.4, 0.5) is 4.39 Å². The Labute approximate surface area is 149 Å². The van der Waals surface area contributed by atoms with Crippen molar-refractivity contribution >= 4 is 0 Å². The molecule has 2 aromatic rings. The summed E-state index contributed by atoms with van der Waals surface area (Å²) in [7, 11) is 0. The molecule has 0 saturated carbocycles. The Balaban J connectivity index is 2.06. The van der Waals surface area contributed by atoms with Gasteiger partial charge >= 0.3 is 0 Å². The van der Waals surface area contributed by atoms with Crippen LogP contribution in [0.25, 0.3) is 0 Å². The Morgan fingerprint density at radius 2 is 1.56 bits per heavy atom. The standard InChI is InChI=1S/C21H25FN2O/c1-21(2,25-15-9-14-23)19(22)16-24-20(17-10-5-3-6-11-17)18-12-7-4-8-13-18/h3-8,10-13,19-20,24H,9,15-16H2,1-2H3. The van der Waals surface area contributed by atoms with E-state index in [1.165, 1.54) is 0 Å². The third kappa shape index (κ3) is 5.67. The second-order valence-corrected chi connectivity index (χ2v) is 6.49. The number of nitrogens with zero attached hydrogens (tertiary/aromatic N) is 1. The van der Waals surface area contributed by atoms with Crippen LogP contribution >= 0.6 is 0 Å². The van der Waals surface area contributed by atoms with Crippen LogP contribution in [-0.4, -0.2) is 24.9 Å². The van der Waals surface area contributed by atoms with Gasteiger partial charge in [0.2, 0.25) is 0 Å². The van der Waals surface area contributed by atoms with E-state index in [4.69, 9.17) is 10.00 Å². The molecule has 0 amide bonds. The lowest BCUT2D eigenvalue weighted by Crippen LogP contribution is -2.43. The topological polar surface area (TPSA) is 45.0 Å². The van der Waals surface area contributed by atoms with E-state index in [1.807, 2.05) is 66.7 Å². The molecule has 2 rings (SSSR count). The maximum absolute atomic E-state index is 14.7. The number of halogens is 1. The number of benzene rings is 2. The van der Waals surface area contributed by atoms with Crippen LogP contribution < -0.4 is 5.32 Å². The van der Waals surface area contributed by atoms with Crippen LogP contribution in [-0.2, 0) is 4.74 Å². The molecule has 25 heavy (non-hydrogen) atoms. The fourth-order valence-corrected chi connectivity index (χ4v) is 2.64. The minimum atomic E-state index is -1.19. The number of rotatable bonds is 9. The van der Waals surface area contributed by atoms with Crippen molar-refractivity contribution in [1.82, 2.24) is 5.32 Å². The molecule has 132 valence electrons. The van der Waals surface area contributed by atoms with Crippen molar-refractivity contribution in [3.8, 4) is 6.07 Å². The van der Waals surface area contributed by atoms with Crippen LogP contribution in [0.3, 0.4) is 0 Å². The number of hydrogen-bond donors (Lipinski definition) is 1. The molecule has 0 aliphatic rings. The van der Waals surface area contributed by atoms with Crippen molar-refractivity contribution in [3.05, 3.63) is 71.8 Å². The second kappa shape index (κ2) is 9.31. The molecule has 1 N–H and O–H groups in total. The maximum Gasteiger partial charge on any atom is 0.141 e. The van der Waals surface area contributed by atoms with Crippen molar-refractivity contribution in [2.24, 2.45) is 0 Å². The van der Waals surface area contributed by atoms with Gasteiger partial charge < -0.3 is 10.1 Å². The molecule has 0 radical (unpaired) electrons. The predicted octanol–water partition coefficient (Wildman–Crippen LogP) is 4.41. The van der Waals surface area contributed by atoms with Gasteiger partial charge in [0.05, 0.1) is 30.7 Å². The Kier molecular flexibility index (Phi) is 7.12. The highest BCUT2D eigenvalue weighted by atomic mass is 19.1. The van der Waals surface area contributed by atoms with Gasteiger partial charge in [-0.05, 0) is 25.0 Å². The fourth-order valence-electron chi connectivity index (χ4n) is 2.64. The Morgan fingerprint density at radius 1 is 1.04 bits per heavy atom. The van der Waals surface area contributed by atoms with E-state index >= 15 is 0 Å². The summed E-state index contributed by atoms with van der Waals surface area (Å²) >= 11 is 0. The zero-order valence-corrected chi connectivity index (χ0v) is 14.8. The van der Waals surface area contributed by atoms with E-state index in [9.17, 15) is 4.39 Å². The molecule has 0 aromatic heterocycles. The molecule has 0 heterocycles. The first-order valence-electron chi connectivity index (χ1n) is 8.53. The summed E-state index contributed by atoms with van der Waals surface area (Å²) in [6.45, 7) is 3.84. The monoisotopic (exact) mass is 340 g/mol. The third-order valence-corrected chi connectivity index (χ3v) is 4.21. The van der Waals surface area contributed by atoms with Crippen molar-refractivity contribution in [2.75, 3.05) is 13.2 Å². The van der Waals surface area contributed by atoms with Gasteiger partial charge in [0, 0.05) is 6.54 Å². The summed E-state index contributed by atoms with van der Waals surface area (Å²) in [5, 5.41) is 11.9. The van der Waals surface area contributed by atoms with Crippen molar-refractivity contribution in [3.63, 3.8) is 0 Å². The summed E-state index contributed by atoms with van der Waals surface area (Å²) in [6.07, 6.45) is -0.929. The Morgan fingerprint density at radius 3 is 2.04 bits per heavy atom. The minimum Gasteiger partial charge on any atom is -0.371 e. The van der Waals surface area contributed by atoms with Gasteiger partial charge in [-0.1, -0.05) is 60.7 Å². The molecular formula is C21H25FN2O. The molecule has 0 spiro atoms. The van der Waals surface area contributed by atoms with E-state index in [0.29, 0.717) is 0 Å². The molecule has 0 fully saturated rings. The van der Waals surface area contributed by atoms with E-state index in [2.05, 4.69) is 5.32 Å². The SMILES string of the molecule is CC(C)(OCCC#N)C(F)CNC(c1ccccc1)c1ccccc1. The van der Waals surface area contributed by atoms with Gasteiger partial charge in [-0.25, -0.2) is 4.39 Å². The first-order valence-corrected chi connectivity index (χ1v) is 8.53. The Hall–Kier alpha value is -2.22. The average molecular weight is 340 g/mol. The third-order valence-electron chi connectivity index (χ3n) is 4.21. The van der Waals surface area contributed by atoms with E-state index in [-0.39, 0.29) is 25.6 Å². The fraction of sp³-hybridized carbons (Fsp3) is 0.381. The van der Waals surface area contributed by atoms with Gasteiger partial charge in [-0.3, -0.25) is 0 Å². The quantitative estimate of drug-likeness (QED) is 0.688. The molecule has 0 aliphatic carbocycles.